The van der Waals surface area contributed by atoms with Crippen LogP contribution in [0.2, 0.25) is 0 Å². The zero-order chi connectivity index (χ0) is 19.2. The van der Waals surface area contributed by atoms with Crippen LogP contribution in [0, 0.1) is 0 Å². The van der Waals surface area contributed by atoms with E-state index < -0.39 is 5.97 Å². The topological polar surface area (TPSA) is 88.5 Å². The van der Waals surface area contributed by atoms with Gasteiger partial charge >= 0.3 is 12.0 Å². The lowest BCUT2D eigenvalue weighted by atomic mass is 10.1. The molecule has 144 valence electrons. The number of rotatable bonds is 5. The molecule has 2 heterocycles. The monoisotopic (exact) mass is 371 g/mol. The molecule has 1 fully saturated rings. The van der Waals surface area contributed by atoms with E-state index in [9.17, 15) is 9.59 Å². The minimum absolute atomic E-state index is 0.197. The summed E-state index contributed by atoms with van der Waals surface area (Å²) in [6.45, 7) is 4.03. The van der Waals surface area contributed by atoms with E-state index in [1.165, 1.54) is 0 Å². The molecule has 0 radical (unpaired) electrons. The first kappa shape index (κ1) is 18.9. The summed E-state index contributed by atoms with van der Waals surface area (Å²) in [6, 6.07) is 8.87. The Bertz CT molecular complexity index is 796. The highest BCUT2D eigenvalue weighted by Crippen LogP contribution is 2.15. The summed E-state index contributed by atoms with van der Waals surface area (Å²) in [5.41, 5.74) is 1.64. The number of urea groups is 1. The molecule has 1 aliphatic rings. The van der Waals surface area contributed by atoms with E-state index in [1.54, 1.807) is 29.9 Å². The van der Waals surface area contributed by atoms with Crippen molar-refractivity contribution in [3.8, 4) is 5.69 Å². The fourth-order valence-corrected chi connectivity index (χ4v) is 3.01. The Balaban J connectivity index is 1.62. The third-order valence-corrected chi connectivity index (χ3v) is 4.50. The van der Waals surface area contributed by atoms with Crippen molar-refractivity contribution in [2.75, 3.05) is 32.1 Å². The Morgan fingerprint density at radius 2 is 2.04 bits per heavy atom. The number of benzene rings is 1. The standard InChI is InChI=1S/C19H25N5O3/c1-3-27-18(25)17-9-12-24(22-17)16-6-4-5-15(13-16)21-19(26)20-14-7-10-23(2)11-8-14/h4-6,9,12-14H,3,7-8,10-11H2,1-2H3,(H2,20,21,26). The van der Waals surface area contributed by atoms with Crippen LogP contribution in [-0.2, 0) is 4.74 Å². The van der Waals surface area contributed by atoms with Gasteiger partial charge in [0.15, 0.2) is 5.69 Å². The highest BCUT2D eigenvalue weighted by atomic mass is 16.5. The lowest BCUT2D eigenvalue weighted by Crippen LogP contribution is -2.44. The number of carbonyl (C=O) groups is 2. The summed E-state index contributed by atoms with van der Waals surface area (Å²) in [7, 11) is 2.09. The van der Waals surface area contributed by atoms with Gasteiger partial charge in [0.25, 0.3) is 0 Å². The Morgan fingerprint density at radius 1 is 1.26 bits per heavy atom. The molecule has 8 heteroatoms. The second kappa shape index (κ2) is 8.68. The number of piperidine rings is 1. The van der Waals surface area contributed by atoms with Crippen molar-refractivity contribution in [2.45, 2.75) is 25.8 Å². The lowest BCUT2D eigenvalue weighted by Gasteiger charge is -2.29. The number of nitrogens with one attached hydrogen (secondary N) is 2. The van der Waals surface area contributed by atoms with Crippen LogP contribution in [0.5, 0.6) is 0 Å². The van der Waals surface area contributed by atoms with Gasteiger partial charge in [0, 0.05) is 17.9 Å². The van der Waals surface area contributed by atoms with Crippen molar-refractivity contribution >= 4 is 17.7 Å². The molecule has 1 aromatic carbocycles. The van der Waals surface area contributed by atoms with Gasteiger partial charge in [-0.3, -0.25) is 0 Å². The number of esters is 1. The van der Waals surface area contributed by atoms with Crippen LogP contribution in [0.4, 0.5) is 10.5 Å². The van der Waals surface area contributed by atoms with Crippen molar-refractivity contribution in [2.24, 2.45) is 0 Å². The van der Waals surface area contributed by atoms with Crippen molar-refractivity contribution in [1.82, 2.24) is 20.0 Å². The third-order valence-electron chi connectivity index (χ3n) is 4.50. The van der Waals surface area contributed by atoms with Gasteiger partial charge in [-0.2, -0.15) is 5.10 Å². The average Bonchev–Trinajstić information content (AvgIpc) is 3.14. The summed E-state index contributed by atoms with van der Waals surface area (Å²) in [5, 5.41) is 10.1. The molecule has 0 bridgehead atoms. The van der Waals surface area contributed by atoms with E-state index in [0.29, 0.717) is 12.3 Å². The van der Waals surface area contributed by atoms with Crippen molar-refractivity contribution in [1.29, 1.82) is 0 Å². The smallest absolute Gasteiger partial charge is 0.358 e. The largest absolute Gasteiger partial charge is 0.461 e. The number of anilines is 1. The molecule has 2 aromatic rings. The van der Waals surface area contributed by atoms with E-state index in [1.807, 2.05) is 18.2 Å². The van der Waals surface area contributed by atoms with Gasteiger partial charge in [0.05, 0.1) is 12.3 Å². The molecular formula is C19H25N5O3. The molecule has 2 N–H and O–H groups in total. The first-order valence-corrected chi connectivity index (χ1v) is 9.14. The molecule has 1 aliphatic heterocycles. The Morgan fingerprint density at radius 3 is 2.78 bits per heavy atom. The van der Waals surface area contributed by atoms with Crippen molar-refractivity contribution < 1.29 is 14.3 Å². The quantitative estimate of drug-likeness (QED) is 0.787. The molecule has 0 saturated carbocycles. The van der Waals surface area contributed by atoms with E-state index in [0.717, 1.165) is 31.6 Å². The summed E-state index contributed by atoms with van der Waals surface area (Å²) in [4.78, 5) is 26.3. The number of ether oxygens (including phenoxy) is 1. The SMILES string of the molecule is CCOC(=O)c1ccn(-c2cccc(NC(=O)NC3CCN(C)CC3)c2)n1. The zero-order valence-corrected chi connectivity index (χ0v) is 15.6. The van der Waals surface area contributed by atoms with E-state index in [-0.39, 0.29) is 17.8 Å². The van der Waals surface area contributed by atoms with Gasteiger partial charge in [-0.1, -0.05) is 6.07 Å². The van der Waals surface area contributed by atoms with Gasteiger partial charge in [-0.25, -0.2) is 14.3 Å². The Hall–Kier alpha value is -2.87. The van der Waals surface area contributed by atoms with Crippen LogP contribution in [0.3, 0.4) is 0 Å². The molecule has 0 unspecified atom stereocenters. The second-order valence-corrected chi connectivity index (χ2v) is 6.59. The molecule has 3 rings (SSSR count). The van der Waals surface area contributed by atoms with Gasteiger partial charge in [-0.05, 0) is 64.2 Å². The van der Waals surface area contributed by atoms with Gasteiger partial charge in [-0.15, -0.1) is 0 Å². The summed E-state index contributed by atoms with van der Waals surface area (Å²) < 4.78 is 6.52. The predicted octanol–water partition coefficient (Wildman–Crippen LogP) is 2.26. The average molecular weight is 371 g/mol. The van der Waals surface area contributed by atoms with Crippen LogP contribution >= 0.6 is 0 Å². The van der Waals surface area contributed by atoms with Gasteiger partial charge < -0.3 is 20.3 Å². The number of nitrogens with zero attached hydrogens (tertiary/aromatic N) is 3. The fraction of sp³-hybridized carbons (Fsp3) is 0.421. The highest BCUT2D eigenvalue weighted by Gasteiger charge is 2.18. The minimum atomic E-state index is -0.456. The maximum atomic E-state index is 12.3. The van der Waals surface area contributed by atoms with Crippen LogP contribution in [0.15, 0.2) is 36.5 Å². The minimum Gasteiger partial charge on any atom is -0.461 e. The van der Waals surface area contributed by atoms with E-state index in [2.05, 4.69) is 27.7 Å². The molecule has 1 aromatic heterocycles. The number of amides is 2. The predicted molar refractivity (Wildman–Crippen MR) is 102 cm³/mol. The molecule has 0 aliphatic carbocycles. The normalized spacial score (nSPS) is 15.3. The van der Waals surface area contributed by atoms with Crippen LogP contribution in [0.1, 0.15) is 30.3 Å². The lowest BCUT2D eigenvalue weighted by molar-refractivity contribution is 0.0519. The second-order valence-electron chi connectivity index (χ2n) is 6.59. The van der Waals surface area contributed by atoms with E-state index in [4.69, 9.17) is 4.74 Å². The molecule has 0 atom stereocenters. The number of likely N-dealkylation sites (tertiary alicyclic amines) is 1. The zero-order valence-electron chi connectivity index (χ0n) is 15.6. The molecule has 2 amide bonds. The van der Waals surface area contributed by atoms with Crippen LogP contribution in [0.25, 0.3) is 5.69 Å². The van der Waals surface area contributed by atoms with Gasteiger partial charge in [0.2, 0.25) is 0 Å². The molecule has 8 nitrogen and oxygen atoms in total. The number of hydrogen-bond donors (Lipinski definition) is 2. The Labute approximate surface area is 158 Å². The first-order valence-electron chi connectivity index (χ1n) is 9.14. The summed E-state index contributed by atoms with van der Waals surface area (Å²) in [5.74, 6) is -0.456. The highest BCUT2D eigenvalue weighted by molar-refractivity contribution is 5.90. The number of hydrogen-bond acceptors (Lipinski definition) is 5. The molecular weight excluding hydrogens is 346 g/mol. The van der Waals surface area contributed by atoms with E-state index >= 15 is 0 Å². The fourth-order valence-electron chi connectivity index (χ4n) is 3.01. The maximum Gasteiger partial charge on any atom is 0.358 e. The van der Waals surface area contributed by atoms with Crippen LogP contribution < -0.4 is 10.6 Å². The first-order chi connectivity index (χ1) is 13.0. The number of aromatic nitrogens is 2. The van der Waals surface area contributed by atoms with Crippen LogP contribution in [-0.4, -0.2) is 59.5 Å². The third kappa shape index (κ3) is 5.07. The summed E-state index contributed by atoms with van der Waals surface area (Å²) >= 11 is 0. The number of carbonyl (C=O) groups excluding carboxylic acids is 2. The van der Waals surface area contributed by atoms with Gasteiger partial charge in [0.1, 0.15) is 0 Å². The molecule has 27 heavy (non-hydrogen) atoms. The molecule has 0 spiro atoms. The maximum absolute atomic E-state index is 12.3. The summed E-state index contributed by atoms with van der Waals surface area (Å²) in [6.07, 6.45) is 3.59. The Kier molecular flexibility index (Phi) is 6.08. The van der Waals surface area contributed by atoms with Crippen molar-refractivity contribution in [3.05, 3.63) is 42.2 Å². The molecule has 1 saturated heterocycles. The van der Waals surface area contributed by atoms with Crippen molar-refractivity contribution in [3.63, 3.8) is 0 Å².